The minimum absolute atomic E-state index is 0.724. The summed E-state index contributed by atoms with van der Waals surface area (Å²) in [6, 6.07) is 5.62. The molecular formula is C14H23ClN2O. The summed E-state index contributed by atoms with van der Waals surface area (Å²) in [6.45, 7) is 8.64. The van der Waals surface area contributed by atoms with Gasteiger partial charge in [-0.2, -0.15) is 0 Å². The summed E-state index contributed by atoms with van der Waals surface area (Å²) < 4.78 is 5.29. The molecule has 0 spiro atoms. The lowest BCUT2D eigenvalue weighted by molar-refractivity contribution is 0.303. The van der Waals surface area contributed by atoms with E-state index in [9.17, 15) is 0 Å². The largest absolute Gasteiger partial charge is 0.495 e. The smallest absolute Gasteiger partial charge is 0.142 e. The van der Waals surface area contributed by atoms with Gasteiger partial charge in [0.15, 0.2) is 0 Å². The second-order valence-electron chi connectivity index (χ2n) is 4.15. The maximum absolute atomic E-state index is 5.98. The molecule has 0 radical (unpaired) electrons. The lowest BCUT2D eigenvalue weighted by atomic mass is 10.2. The van der Waals surface area contributed by atoms with Crippen LogP contribution in [0, 0.1) is 0 Å². The van der Waals surface area contributed by atoms with Gasteiger partial charge in [0.1, 0.15) is 5.75 Å². The van der Waals surface area contributed by atoms with Crippen LogP contribution in [-0.4, -0.2) is 38.2 Å². The van der Waals surface area contributed by atoms with Crippen molar-refractivity contribution >= 4 is 17.3 Å². The van der Waals surface area contributed by atoms with E-state index in [4.69, 9.17) is 16.3 Å². The fraction of sp³-hybridized carbons (Fsp3) is 0.571. The molecule has 1 aromatic carbocycles. The fourth-order valence-corrected chi connectivity index (χ4v) is 2.06. The van der Waals surface area contributed by atoms with Gasteiger partial charge in [-0.15, -0.1) is 0 Å². The summed E-state index contributed by atoms with van der Waals surface area (Å²) in [7, 11) is 1.67. The predicted octanol–water partition coefficient (Wildman–Crippen LogP) is 3.49. The highest BCUT2D eigenvalue weighted by Gasteiger charge is 2.03. The second kappa shape index (κ2) is 8.22. The van der Waals surface area contributed by atoms with Gasteiger partial charge in [0.25, 0.3) is 0 Å². The number of nitrogens with one attached hydrogen (secondary N) is 1. The molecule has 0 atom stereocenters. The van der Waals surface area contributed by atoms with E-state index < -0.39 is 0 Å². The van der Waals surface area contributed by atoms with Crippen LogP contribution < -0.4 is 10.1 Å². The SMILES string of the molecule is CCN(CC)CCCNc1cc(Cl)ccc1OC. The molecule has 0 bridgehead atoms. The molecule has 0 aliphatic rings. The van der Waals surface area contributed by atoms with Crippen molar-refractivity contribution in [3.05, 3.63) is 23.2 Å². The summed E-state index contributed by atoms with van der Waals surface area (Å²) in [6.07, 6.45) is 1.11. The molecule has 0 aliphatic heterocycles. The summed E-state index contributed by atoms with van der Waals surface area (Å²) in [5.41, 5.74) is 0.963. The Morgan fingerprint density at radius 1 is 1.28 bits per heavy atom. The Morgan fingerprint density at radius 3 is 2.61 bits per heavy atom. The molecule has 1 N–H and O–H groups in total. The molecule has 0 aromatic heterocycles. The van der Waals surface area contributed by atoms with Gasteiger partial charge >= 0.3 is 0 Å². The zero-order valence-electron chi connectivity index (χ0n) is 11.5. The third-order valence-electron chi connectivity index (χ3n) is 3.02. The van der Waals surface area contributed by atoms with E-state index in [1.54, 1.807) is 7.11 Å². The van der Waals surface area contributed by atoms with Crippen LogP contribution in [0.25, 0.3) is 0 Å². The average Bonchev–Trinajstić information content (AvgIpc) is 2.39. The van der Waals surface area contributed by atoms with Crippen molar-refractivity contribution in [1.82, 2.24) is 4.90 Å². The fourth-order valence-electron chi connectivity index (χ4n) is 1.88. The van der Waals surface area contributed by atoms with E-state index >= 15 is 0 Å². The zero-order chi connectivity index (χ0) is 13.4. The Morgan fingerprint density at radius 2 is 2.00 bits per heavy atom. The van der Waals surface area contributed by atoms with Gasteiger partial charge in [0.05, 0.1) is 12.8 Å². The maximum atomic E-state index is 5.98. The van der Waals surface area contributed by atoms with E-state index in [0.29, 0.717) is 0 Å². The molecule has 0 unspecified atom stereocenters. The van der Waals surface area contributed by atoms with Crippen LogP contribution in [0.3, 0.4) is 0 Å². The first-order chi connectivity index (χ1) is 8.71. The molecular weight excluding hydrogens is 248 g/mol. The number of hydrogen-bond donors (Lipinski definition) is 1. The van der Waals surface area contributed by atoms with E-state index in [1.165, 1.54) is 0 Å². The lowest BCUT2D eigenvalue weighted by Crippen LogP contribution is -2.25. The van der Waals surface area contributed by atoms with Crippen molar-refractivity contribution in [1.29, 1.82) is 0 Å². The molecule has 102 valence electrons. The number of benzene rings is 1. The molecule has 0 aliphatic carbocycles. The van der Waals surface area contributed by atoms with Crippen molar-refractivity contribution in [2.75, 3.05) is 38.6 Å². The molecule has 3 nitrogen and oxygen atoms in total. The summed E-state index contributed by atoms with van der Waals surface area (Å²) in [5, 5.41) is 4.10. The Hall–Kier alpha value is -0.930. The van der Waals surface area contributed by atoms with E-state index in [0.717, 1.165) is 49.1 Å². The number of ether oxygens (including phenoxy) is 1. The Bertz CT molecular complexity index is 354. The quantitative estimate of drug-likeness (QED) is 0.732. The Balaban J connectivity index is 2.41. The van der Waals surface area contributed by atoms with Gasteiger partial charge in [-0.1, -0.05) is 25.4 Å². The van der Waals surface area contributed by atoms with Gasteiger partial charge in [0.2, 0.25) is 0 Å². The number of anilines is 1. The number of halogens is 1. The molecule has 18 heavy (non-hydrogen) atoms. The topological polar surface area (TPSA) is 24.5 Å². The highest BCUT2D eigenvalue weighted by molar-refractivity contribution is 6.30. The Kier molecular flexibility index (Phi) is 6.91. The van der Waals surface area contributed by atoms with Crippen LogP contribution in [0.4, 0.5) is 5.69 Å². The molecule has 0 heterocycles. The molecule has 0 amide bonds. The summed E-state index contributed by atoms with van der Waals surface area (Å²) in [5.74, 6) is 0.835. The molecule has 0 fully saturated rings. The highest BCUT2D eigenvalue weighted by atomic mass is 35.5. The third-order valence-corrected chi connectivity index (χ3v) is 3.26. The summed E-state index contributed by atoms with van der Waals surface area (Å²) >= 11 is 5.98. The normalized spacial score (nSPS) is 10.7. The summed E-state index contributed by atoms with van der Waals surface area (Å²) in [4.78, 5) is 2.41. The number of nitrogens with zero attached hydrogens (tertiary/aromatic N) is 1. The third kappa shape index (κ3) is 4.75. The van der Waals surface area contributed by atoms with Gasteiger partial charge in [0, 0.05) is 11.6 Å². The standard InChI is InChI=1S/C14H23ClN2O/c1-4-17(5-2)10-6-9-16-13-11-12(15)7-8-14(13)18-3/h7-8,11,16H,4-6,9-10H2,1-3H3. The maximum Gasteiger partial charge on any atom is 0.142 e. The van der Waals surface area contributed by atoms with E-state index in [2.05, 4.69) is 24.1 Å². The van der Waals surface area contributed by atoms with Crippen LogP contribution in [0.1, 0.15) is 20.3 Å². The first-order valence-corrected chi connectivity index (χ1v) is 6.88. The first-order valence-electron chi connectivity index (χ1n) is 6.51. The van der Waals surface area contributed by atoms with Crippen molar-refractivity contribution in [3.8, 4) is 5.75 Å². The van der Waals surface area contributed by atoms with Crippen molar-refractivity contribution in [2.45, 2.75) is 20.3 Å². The van der Waals surface area contributed by atoms with Gasteiger partial charge in [-0.3, -0.25) is 0 Å². The van der Waals surface area contributed by atoms with Crippen LogP contribution in [0.5, 0.6) is 5.75 Å². The Labute approximate surface area is 115 Å². The molecule has 1 rings (SSSR count). The van der Waals surface area contributed by atoms with Crippen molar-refractivity contribution in [2.24, 2.45) is 0 Å². The lowest BCUT2D eigenvalue weighted by Gasteiger charge is -2.18. The molecule has 0 saturated heterocycles. The second-order valence-corrected chi connectivity index (χ2v) is 4.59. The molecule has 0 saturated carbocycles. The predicted molar refractivity (Wildman–Crippen MR) is 78.9 cm³/mol. The van der Waals surface area contributed by atoms with E-state index in [1.807, 2.05) is 18.2 Å². The minimum Gasteiger partial charge on any atom is -0.495 e. The van der Waals surface area contributed by atoms with Gasteiger partial charge in [-0.05, 0) is 44.3 Å². The van der Waals surface area contributed by atoms with Crippen LogP contribution >= 0.6 is 11.6 Å². The number of rotatable bonds is 8. The van der Waals surface area contributed by atoms with Crippen molar-refractivity contribution < 1.29 is 4.74 Å². The first kappa shape index (κ1) is 15.1. The van der Waals surface area contributed by atoms with Crippen LogP contribution in [0.2, 0.25) is 5.02 Å². The number of hydrogen-bond acceptors (Lipinski definition) is 3. The minimum atomic E-state index is 0.724. The van der Waals surface area contributed by atoms with E-state index in [-0.39, 0.29) is 0 Å². The average molecular weight is 271 g/mol. The number of methoxy groups -OCH3 is 1. The van der Waals surface area contributed by atoms with Gasteiger partial charge < -0.3 is 15.0 Å². The molecule has 1 aromatic rings. The highest BCUT2D eigenvalue weighted by Crippen LogP contribution is 2.27. The molecule has 4 heteroatoms. The van der Waals surface area contributed by atoms with Crippen molar-refractivity contribution in [3.63, 3.8) is 0 Å². The van der Waals surface area contributed by atoms with Crippen LogP contribution in [-0.2, 0) is 0 Å². The monoisotopic (exact) mass is 270 g/mol. The zero-order valence-corrected chi connectivity index (χ0v) is 12.3. The van der Waals surface area contributed by atoms with Crippen LogP contribution in [0.15, 0.2) is 18.2 Å². The van der Waals surface area contributed by atoms with Gasteiger partial charge in [-0.25, -0.2) is 0 Å².